The number of unbranched alkanes of at least 4 members (excludes halogenated alkanes) is 1. The maximum Gasteiger partial charge on any atom is 0.205 e. The summed E-state index contributed by atoms with van der Waals surface area (Å²) in [6.07, 6.45) is 2.39. The molecular weight excluding hydrogens is 194 g/mol. The van der Waals surface area contributed by atoms with Gasteiger partial charge in [-0.05, 0) is 6.42 Å². The molecule has 0 aliphatic rings. The first-order valence-corrected chi connectivity index (χ1v) is 5.93. The molecule has 0 saturated carbocycles. The van der Waals surface area contributed by atoms with Crippen molar-refractivity contribution >= 4 is 16.5 Å². The number of aromatic nitrogens is 2. The van der Waals surface area contributed by atoms with Gasteiger partial charge in [0.1, 0.15) is 5.01 Å². The van der Waals surface area contributed by atoms with Crippen LogP contribution in [0.2, 0.25) is 0 Å². The second-order valence-corrected chi connectivity index (χ2v) is 5.42. The third-order valence-corrected chi connectivity index (χ3v) is 3.18. The zero-order chi connectivity index (χ0) is 10.6. The van der Waals surface area contributed by atoms with E-state index in [-0.39, 0.29) is 5.41 Å². The first kappa shape index (κ1) is 11.4. The Morgan fingerprint density at radius 3 is 2.50 bits per heavy atom. The largest absolute Gasteiger partial charge is 0.360 e. The summed E-state index contributed by atoms with van der Waals surface area (Å²) in [6.45, 7) is 9.65. The Hall–Kier alpha value is -0.640. The molecule has 0 fully saturated rings. The highest BCUT2D eigenvalue weighted by molar-refractivity contribution is 7.15. The highest BCUT2D eigenvalue weighted by Gasteiger charge is 2.18. The smallest absolute Gasteiger partial charge is 0.205 e. The molecular formula is C10H19N3S. The highest BCUT2D eigenvalue weighted by Crippen LogP contribution is 2.27. The number of hydrogen-bond acceptors (Lipinski definition) is 4. The average Bonchev–Trinajstić information content (AvgIpc) is 2.52. The van der Waals surface area contributed by atoms with Crippen LogP contribution in [-0.4, -0.2) is 16.7 Å². The molecule has 0 spiro atoms. The van der Waals surface area contributed by atoms with Gasteiger partial charge in [-0.3, -0.25) is 0 Å². The van der Waals surface area contributed by atoms with Crippen LogP contribution < -0.4 is 5.32 Å². The molecule has 0 unspecified atom stereocenters. The predicted molar refractivity (Wildman–Crippen MR) is 62.0 cm³/mol. The quantitative estimate of drug-likeness (QED) is 0.781. The number of rotatable bonds is 4. The molecule has 1 rings (SSSR count). The minimum absolute atomic E-state index is 0.113. The third kappa shape index (κ3) is 3.25. The van der Waals surface area contributed by atoms with Crippen LogP contribution in [0.1, 0.15) is 45.5 Å². The lowest BCUT2D eigenvalue weighted by atomic mass is 9.98. The van der Waals surface area contributed by atoms with Gasteiger partial charge in [0.2, 0.25) is 5.13 Å². The molecule has 0 amide bonds. The molecule has 0 aliphatic heterocycles. The number of nitrogens with zero attached hydrogens (tertiary/aromatic N) is 2. The SMILES string of the molecule is CCCCNc1nnc(C(C)(C)C)s1. The van der Waals surface area contributed by atoms with Crippen molar-refractivity contribution < 1.29 is 0 Å². The minimum Gasteiger partial charge on any atom is -0.360 e. The first-order valence-electron chi connectivity index (χ1n) is 5.12. The minimum atomic E-state index is 0.113. The summed E-state index contributed by atoms with van der Waals surface area (Å²) in [6, 6.07) is 0. The fourth-order valence-corrected chi connectivity index (χ4v) is 1.80. The summed E-state index contributed by atoms with van der Waals surface area (Å²) in [5, 5.41) is 13.6. The zero-order valence-electron chi connectivity index (χ0n) is 9.42. The fourth-order valence-electron chi connectivity index (χ4n) is 0.970. The first-order chi connectivity index (χ1) is 6.54. The van der Waals surface area contributed by atoms with Gasteiger partial charge in [0.25, 0.3) is 0 Å². The van der Waals surface area contributed by atoms with E-state index in [4.69, 9.17) is 0 Å². The van der Waals surface area contributed by atoms with Gasteiger partial charge in [-0.25, -0.2) is 0 Å². The average molecular weight is 213 g/mol. The third-order valence-electron chi connectivity index (χ3n) is 1.87. The summed E-state index contributed by atoms with van der Waals surface area (Å²) in [5.74, 6) is 0. The van der Waals surface area contributed by atoms with Gasteiger partial charge in [0.05, 0.1) is 0 Å². The molecule has 0 saturated heterocycles. The normalized spacial score (nSPS) is 11.7. The van der Waals surface area contributed by atoms with Crippen LogP contribution >= 0.6 is 11.3 Å². The Bertz CT molecular complexity index is 275. The maximum atomic E-state index is 4.17. The molecule has 1 aromatic heterocycles. The van der Waals surface area contributed by atoms with E-state index in [0.29, 0.717) is 0 Å². The summed E-state index contributed by atoms with van der Waals surface area (Å²) in [4.78, 5) is 0. The van der Waals surface area contributed by atoms with Crippen LogP contribution in [0.5, 0.6) is 0 Å². The molecule has 1 heterocycles. The van der Waals surface area contributed by atoms with Crippen molar-refractivity contribution in [1.29, 1.82) is 0 Å². The second-order valence-electron chi connectivity index (χ2n) is 4.44. The van der Waals surface area contributed by atoms with E-state index in [9.17, 15) is 0 Å². The Morgan fingerprint density at radius 1 is 1.29 bits per heavy atom. The summed E-state index contributed by atoms with van der Waals surface area (Å²) >= 11 is 1.66. The van der Waals surface area contributed by atoms with Gasteiger partial charge >= 0.3 is 0 Å². The molecule has 1 aromatic rings. The van der Waals surface area contributed by atoms with Gasteiger partial charge in [-0.1, -0.05) is 45.5 Å². The lowest BCUT2D eigenvalue weighted by Crippen LogP contribution is -2.10. The molecule has 0 aromatic carbocycles. The summed E-state index contributed by atoms with van der Waals surface area (Å²) < 4.78 is 0. The van der Waals surface area contributed by atoms with Crippen LogP contribution in [0.3, 0.4) is 0 Å². The Balaban J connectivity index is 2.51. The summed E-state index contributed by atoms with van der Waals surface area (Å²) in [5.41, 5.74) is 0.113. The van der Waals surface area contributed by atoms with Crippen LogP contribution in [-0.2, 0) is 5.41 Å². The van der Waals surface area contributed by atoms with Crippen molar-refractivity contribution in [3.8, 4) is 0 Å². The van der Waals surface area contributed by atoms with E-state index in [2.05, 4.69) is 43.2 Å². The van der Waals surface area contributed by atoms with Crippen molar-refractivity contribution in [1.82, 2.24) is 10.2 Å². The van der Waals surface area contributed by atoms with Crippen LogP contribution in [0.4, 0.5) is 5.13 Å². The van der Waals surface area contributed by atoms with Gasteiger partial charge < -0.3 is 5.32 Å². The van der Waals surface area contributed by atoms with Gasteiger partial charge in [0.15, 0.2) is 0 Å². The van der Waals surface area contributed by atoms with Gasteiger partial charge in [-0.2, -0.15) is 0 Å². The van der Waals surface area contributed by atoms with Crippen LogP contribution in [0.25, 0.3) is 0 Å². The second kappa shape index (κ2) is 4.73. The topological polar surface area (TPSA) is 37.8 Å². The molecule has 0 bridgehead atoms. The number of hydrogen-bond donors (Lipinski definition) is 1. The highest BCUT2D eigenvalue weighted by atomic mass is 32.1. The maximum absolute atomic E-state index is 4.17. The van der Waals surface area contributed by atoms with E-state index in [1.54, 1.807) is 11.3 Å². The monoisotopic (exact) mass is 213 g/mol. The number of nitrogens with one attached hydrogen (secondary N) is 1. The molecule has 4 heteroatoms. The Morgan fingerprint density at radius 2 is 2.00 bits per heavy atom. The van der Waals surface area contributed by atoms with Crippen molar-refractivity contribution in [3.05, 3.63) is 5.01 Å². The zero-order valence-corrected chi connectivity index (χ0v) is 10.2. The van der Waals surface area contributed by atoms with Crippen molar-refractivity contribution in [2.45, 2.75) is 46.0 Å². The van der Waals surface area contributed by atoms with Crippen LogP contribution in [0.15, 0.2) is 0 Å². The van der Waals surface area contributed by atoms with Gasteiger partial charge in [-0.15, -0.1) is 10.2 Å². The van der Waals surface area contributed by atoms with Crippen LogP contribution in [0, 0.1) is 0 Å². The lowest BCUT2D eigenvalue weighted by Gasteiger charge is -2.12. The molecule has 0 radical (unpaired) electrons. The van der Waals surface area contributed by atoms with Crippen molar-refractivity contribution in [2.24, 2.45) is 0 Å². The number of anilines is 1. The van der Waals surface area contributed by atoms with E-state index < -0.39 is 0 Å². The lowest BCUT2D eigenvalue weighted by molar-refractivity contribution is 0.578. The van der Waals surface area contributed by atoms with Crippen molar-refractivity contribution in [3.63, 3.8) is 0 Å². The Kier molecular flexibility index (Phi) is 3.86. The Labute approximate surface area is 89.9 Å². The molecule has 0 atom stereocenters. The van der Waals surface area contributed by atoms with E-state index in [1.165, 1.54) is 12.8 Å². The summed E-state index contributed by atoms with van der Waals surface area (Å²) in [7, 11) is 0. The molecule has 0 aliphatic carbocycles. The molecule has 3 nitrogen and oxygen atoms in total. The van der Waals surface area contributed by atoms with Crippen molar-refractivity contribution in [2.75, 3.05) is 11.9 Å². The van der Waals surface area contributed by atoms with E-state index in [1.807, 2.05) is 0 Å². The van der Waals surface area contributed by atoms with E-state index in [0.717, 1.165) is 16.7 Å². The van der Waals surface area contributed by atoms with E-state index >= 15 is 0 Å². The molecule has 1 N–H and O–H groups in total. The molecule has 80 valence electrons. The fraction of sp³-hybridized carbons (Fsp3) is 0.800. The standard InChI is InChI=1S/C10H19N3S/c1-5-6-7-11-9-13-12-8(14-9)10(2,3)4/h5-7H2,1-4H3,(H,11,13). The van der Waals surface area contributed by atoms with Gasteiger partial charge in [0, 0.05) is 12.0 Å². The predicted octanol–water partition coefficient (Wildman–Crippen LogP) is 3.05. The molecule has 14 heavy (non-hydrogen) atoms.